The molecule has 0 fully saturated rings. The minimum absolute atomic E-state index is 0.116. The molecule has 0 bridgehead atoms. The van der Waals surface area contributed by atoms with Gasteiger partial charge in [0.1, 0.15) is 5.82 Å². The van der Waals surface area contributed by atoms with Gasteiger partial charge in [0.05, 0.1) is 22.1 Å². The molecule has 0 radical (unpaired) electrons. The van der Waals surface area contributed by atoms with E-state index < -0.39 is 28.8 Å². The molecular formula is C13H14F5N3. The summed E-state index contributed by atoms with van der Waals surface area (Å²) in [6, 6.07) is 1.18. The third-order valence-corrected chi connectivity index (χ3v) is 3.00. The molecule has 21 heavy (non-hydrogen) atoms. The van der Waals surface area contributed by atoms with Crippen molar-refractivity contribution in [3.05, 3.63) is 29.1 Å². The summed E-state index contributed by atoms with van der Waals surface area (Å²) in [6.45, 7) is 3.67. The van der Waals surface area contributed by atoms with Crippen LogP contribution < -0.4 is 5.73 Å². The van der Waals surface area contributed by atoms with Crippen LogP contribution >= 0.6 is 0 Å². The number of hydrogen-bond acceptors (Lipinski definition) is 2. The molecule has 0 aliphatic heterocycles. The topological polar surface area (TPSA) is 54.7 Å². The van der Waals surface area contributed by atoms with Gasteiger partial charge in [0.2, 0.25) is 0 Å². The number of alkyl halides is 5. The summed E-state index contributed by atoms with van der Waals surface area (Å²) in [5.41, 5.74) is 2.56. The van der Waals surface area contributed by atoms with Gasteiger partial charge in [-0.25, -0.2) is 13.8 Å². The van der Waals surface area contributed by atoms with E-state index in [1.807, 2.05) is 0 Å². The number of halogens is 5. The fourth-order valence-corrected chi connectivity index (χ4v) is 1.92. The van der Waals surface area contributed by atoms with E-state index in [2.05, 4.69) is 9.97 Å². The van der Waals surface area contributed by atoms with Crippen LogP contribution in [0.5, 0.6) is 0 Å². The SMILES string of the molecule is CC(C)(N)c1nc2c(C(C)(F)F)cc(C(F)(F)F)cc2[nH]1. The molecule has 116 valence electrons. The average Bonchev–Trinajstić information content (AvgIpc) is 2.67. The first-order valence-corrected chi connectivity index (χ1v) is 6.09. The van der Waals surface area contributed by atoms with Crippen molar-refractivity contribution >= 4 is 11.0 Å². The van der Waals surface area contributed by atoms with E-state index in [1.165, 1.54) is 0 Å². The maximum absolute atomic E-state index is 13.6. The van der Waals surface area contributed by atoms with Gasteiger partial charge in [-0.05, 0) is 26.0 Å². The molecule has 0 aliphatic carbocycles. The molecule has 0 saturated heterocycles. The van der Waals surface area contributed by atoms with Crippen LogP contribution in [0.15, 0.2) is 12.1 Å². The monoisotopic (exact) mass is 307 g/mol. The highest BCUT2D eigenvalue weighted by atomic mass is 19.4. The maximum Gasteiger partial charge on any atom is 0.416 e. The van der Waals surface area contributed by atoms with Gasteiger partial charge in [-0.3, -0.25) is 0 Å². The Morgan fingerprint density at radius 2 is 1.62 bits per heavy atom. The zero-order valence-electron chi connectivity index (χ0n) is 11.6. The zero-order valence-corrected chi connectivity index (χ0v) is 11.6. The van der Waals surface area contributed by atoms with Gasteiger partial charge >= 0.3 is 6.18 Å². The van der Waals surface area contributed by atoms with Crippen molar-refractivity contribution in [2.45, 2.75) is 38.4 Å². The summed E-state index contributed by atoms with van der Waals surface area (Å²) in [5.74, 6) is -3.31. The second kappa shape index (κ2) is 4.40. The lowest BCUT2D eigenvalue weighted by atomic mass is 10.0. The fourth-order valence-electron chi connectivity index (χ4n) is 1.92. The van der Waals surface area contributed by atoms with Gasteiger partial charge in [0.15, 0.2) is 0 Å². The van der Waals surface area contributed by atoms with Crippen LogP contribution in [0.2, 0.25) is 0 Å². The number of aromatic nitrogens is 2. The molecule has 0 aliphatic rings. The highest BCUT2D eigenvalue weighted by Crippen LogP contribution is 2.38. The molecule has 3 N–H and O–H groups in total. The molecule has 0 unspecified atom stereocenters. The summed E-state index contributed by atoms with van der Waals surface area (Å²) in [4.78, 5) is 6.54. The first-order chi connectivity index (χ1) is 9.30. The Labute approximate surface area is 117 Å². The molecule has 1 aromatic heterocycles. The van der Waals surface area contributed by atoms with Crippen molar-refractivity contribution in [1.82, 2.24) is 9.97 Å². The van der Waals surface area contributed by atoms with E-state index >= 15 is 0 Å². The van der Waals surface area contributed by atoms with Crippen LogP contribution in [0, 0.1) is 0 Å². The van der Waals surface area contributed by atoms with E-state index in [4.69, 9.17) is 5.73 Å². The Kier molecular flexibility index (Phi) is 3.28. The van der Waals surface area contributed by atoms with E-state index in [1.54, 1.807) is 13.8 Å². The average molecular weight is 307 g/mol. The predicted octanol–water partition coefficient (Wildman–Crippen LogP) is 3.89. The van der Waals surface area contributed by atoms with E-state index in [0.29, 0.717) is 13.0 Å². The third kappa shape index (κ3) is 2.99. The highest BCUT2D eigenvalue weighted by Gasteiger charge is 2.36. The van der Waals surface area contributed by atoms with Crippen molar-refractivity contribution in [2.24, 2.45) is 5.73 Å². The van der Waals surface area contributed by atoms with Crippen LogP contribution in [0.3, 0.4) is 0 Å². The largest absolute Gasteiger partial charge is 0.416 e. The molecule has 0 spiro atoms. The van der Waals surface area contributed by atoms with E-state index in [0.717, 1.165) is 6.07 Å². The smallest absolute Gasteiger partial charge is 0.340 e. The second-order valence-electron chi connectivity index (χ2n) is 5.61. The Bertz CT molecular complexity index is 674. The molecule has 1 aromatic carbocycles. The quantitative estimate of drug-likeness (QED) is 0.827. The molecule has 2 rings (SSSR count). The first-order valence-electron chi connectivity index (χ1n) is 6.09. The summed E-state index contributed by atoms with van der Waals surface area (Å²) in [6.07, 6.45) is -4.72. The van der Waals surface area contributed by atoms with Gasteiger partial charge in [-0.2, -0.15) is 13.2 Å². The van der Waals surface area contributed by atoms with Crippen molar-refractivity contribution in [3.8, 4) is 0 Å². The number of fused-ring (bicyclic) bond motifs is 1. The predicted molar refractivity (Wildman–Crippen MR) is 67.9 cm³/mol. The van der Waals surface area contributed by atoms with Crippen LogP contribution in [0.4, 0.5) is 22.0 Å². The van der Waals surface area contributed by atoms with E-state index in [9.17, 15) is 22.0 Å². The van der Waals surface area contributed by atoms with Gasteiger partial charge in [-0.1, -0.05) is 0 Å². The fraction of sp³-hybridized carbons (Fsp3) is 0.462. The van der Waals surface area contributed by atoms with Gasteiger partial charge in [-0.15, -0.1) is 0 Å². The molecule has 1 heterocycles. The minimum atomic E-state index is -4.72. The van der Waals surface area contributed by atoms with Crippen molar-refractivity contribution < 1.29 is 22.0 Å². The number of hydrogen-bond donors (Lipinski definition) is 2. The Balaban J connectivity index is 2.81. The molecule has 8 heteroatoms. The lowest BCUT2D eigenvalue weighted by Crippen LogP contribution is -2.30. The van der Waals surface area contributed by atoms with Crippen LogP contribution in [0.25, 0.3) is 11.0 Å². The Hall–Kier alpha value is -1.70. The van der Waals surface area contributed by atoms with Crippen LogP contribution in [-0.4, -0.2) is 9.97 Å². The summed E-state index contributed by atoms with van der Waals surface area (Å²) in [5, 5.41) is 0. The molecular weight excluding hydrogens is 293 g/mol. The van der Waals surface area contributed by atoms with Gasteiger partial charge in [0, 0.05) is 12.5 Å². The van der Waals surface area contributed by atoms with Crippen LogP contribution in [-0.2, 0) is 17.6 Å². The van der Waals surface area contributed by atoms with Crippen molar-refractivity contribution in [2.75, 3.05) is 0 Å². The van der Waals surface area contributed by atoms with Crippen molar-refractivity contribution in [1.29, 1.82) is 0 Å². The number of aromatic amines is 1. The summed E-state index contributed by atoms with van der Waals surface area (Å²) < 4.78 is 65.7. The Morgan fingerprint density at radius 3 is 2.05 bits per heavy atom. The number of imidazole rings is 1. The number of nitrogens with two attached hydrogens (primary N) is 1. The number of rotatable bonds is 2. The molecule has 0 amide bonds. The molecule has 3 nitrogen and oxygen atoms in total. The van der Waals surface area contributed by atoms with E-state index in [-0.39, 0.29) is 16.9 Å². The summed E-state index contributed by atoms with van der Waals surface area (Å²) >= 11 is 0. The number of H-pyrrole nitrogens is 1. The maximum atomic E-state index is 13.6. The molecule has 2 aromatic rings. The van der Waals surface area contributed by atoms with Crippen molar-refractivity contribution in [3.63, 3.8) is 0 Å². The highest BCUT2D eigenvalue weighted by molar-refractivity contribution is 5.81. The first kappa shape index (κ1) is 15.7. The lowest BCUT2D eigenvalue weighted by Gasteiger charge is -2.15. The summed E-state index contributed by atoms with van der Waals surface area (Å²) in [7, 11) is 0. The number of benzene rings is 1. The van der Waals surface area contributed by atoms with Gasteiger partial charge in [0.25, 0.3) is 5.92 Å². The third-order valence-electron chi connectivity index (χ3n) is 3.00. The normalized spacial score (nSPS) is 14.0. The number of nitrogens with zero attached hydrogens (tertiary/aromatic N) is 1. The number of nitrogens with one attached hydrogen (secondary N) is 1. The zero-order chi connectivity index (χ0) is 16.2. The minimum Gasteiger partial charge on any atom is -0.340 e. The lowest BCUT2D eigenvalue weighted by molar-refractivity contribution is -0.137. The van der Waals surface area contributed by atoms with Gasteiger partial charge < -0.3 is 10.7 Å². The Morgan fingerprint density at radius 1 is 1.05 bits per heavy atom. The molecule has 0 saturated carbocycles. The molecule has 0 atom stereocenters. The second-order valence-corrected chi connectivity index (χ2v) is 5.61. The van der Waals surface area contributed by atoms with Crippen LogP contribution in [0.1, 0.15) is 37.7 Å². The standard InChI is InChI=1S/C13H14F5N3/c1-11(2,19)10-20-8-5-6(13(16,17)18)4-7(9(8)21-10)12(3,14)15/h4-5H,19H2,1-3H3,(H,20,21).